The molecular formula is C28H27IN2O3. The molecule has 0 radical (unpaired) electrons. The van der Waals surface area contributed by atoms with E-state index in [-0.39, 0.29) is 18.1 Å². The molecule has 2 aromatic carbocycles. The normalized spacial score (nSPS) is 24.2. The van der Waals surface area contributed by atoms with E-state index in [0.717, 1.165) is 53.7 Å². The van der Waals surface area contributed by atoms with Crippen LogP contribution in [0.4, 0.5) is 0 Å². The first-order chi connectivity index (χ1) is 16.5. The number of aromatic nitrogens is 1. The molecule has 3 saturated heterocycles. The van der Waals surface area contributed by atoms with Crippen molar-refractivity contribution >= 4 is 39.5 Å². The van der Waals surface area contributed by atoms with Crippen LogP contribution in [-0.2, 0) is 9.53 Å². The Morgan fingerprint density at radius 2 is 2.03 bits per heavy atom. The highest BCUT2D eigenvalue weighted by atomic mass is 127. The zero-order valence-corrected chi connectivity index (χ0v) is 21.5. The summed E-state index contributed by atoms with van der Waals surface area (Å²) in [5, 5.41) is 0.964. The molecule has 0 N–H and O–H groups in total. The smallest absolute Gasteiger partial charge is 0.303 e. The molecule has 3 aromatic rings. The van der Waals surface area contributed by atoms with Crippen LogP contribution in [0.25, 0.3) is 10.9 Å². The lowest BCUT2D eigenvalue weighted by atomic mass is 9.73. The molecule has 3 fully saturated rings. The Bertz CT molecular complexity index is 1260. The van der Waals surface area contributed by atoms with Crippen molar-refractivity contribution in [2.45, 2.75) is 31.9 Å². The largest absolute Gasteiger partial charge is 0.497 e. The van der Waals surface area contributed by atoms with Crippen LogP contribution in [0.2, 0.25) is 0 Å². The highest BCUT2D eigenvalue weighted by Gasteiger charge is 2.44. The van der Waals surface area contributed by atoms with E-state index < -0.39 is 0 Å². The minimum Gasteiger partial charge on any atom is -0.497 e. The fourth-order valence-electron chi connectivity index (χ4n) is 5.31. The Morgan fingerprint density at radius 1 is 1.21 bits per heavy atom. The Hall–Kier alpha value is -2.63. The van der Waals surface area contributed by atoms with Gasteiger partial charge in [0.25, 0.3) is 0 Å². The molecule has 0 saturated carbocycles. The highest BCUT2D eigenvalue weighted by Crippen LogP contribution is 2.43. The number of hydrogen-bond acceptors (Lipinski definition) is 5. The van der Waals surface area contributed by atoms with Gasteiger partial charge in [-0.1, -0.05) is 11.8 Å². The molecule has 6 heteroatoms. The van der Waals surface area contributed by atoms with Crippen LogP contribution in [-0.4, -0.2) is 42.1 Å². The van der Waals surface area contributed by atoms with Crippen molar-refractivity contribution in [3.05, 3.63) is 69.4 Å². The summed E-state index contributed by atoms with van der Waals surface area (Å²) in [6, 6.07) is 16.3. The summed E-state index contributed by atoms with van der Waals surface area (Å²) in [7, 11) is 1.66. The molecule has 1 unspecified atom stereocenters. The van der Waals surface area contributed by atoms with Crippen LogP contribution in [0, 0.1) is 27.2 Å². The van der Waals surface area contributed by atoms with Crippen molar-refractivity contribution in [2.75, 3.05) is 20.2 Å². The highest BCUT2D eigenvalue weighted by molar-refractivity contribution is 14.1. The van der Waals surface area contributed by atoms with Gasteiger partial charge in [-0.15, -0.1) is 0 Å². The van der Waals surface area contributed by atoms with Crippen LogP contribution in [0.15, 0.2) is 54.7 Å². The Kier molecular flexibility index (Phi) is 6.75. The van der Waals surface area contributed by atoms with Crippen molar-refractivity contribution in [3.8, 4) is 17.6 Å². The number of ether oxygens (including phenoxy) is 2. The summed E-state index contributed by atoms with van der Waals surface area (Å²) in [5.41, 5.74) is 2.91. The quantitative estimate of drug-likeness (QED) is 0.247. The van der Waals surface area contributed by atoms with Crippen molar-refractivity contribution in [3.63, 3.8) is 0 Å². The topological polar surface area (TPSA) is 51.7 Å². The van der Waals surface area contributed by atoms with Crippen molar-refractivity contribution in [2.24, 2.45) is 11.8 Å². The average molecular weight is 566 g/mol. The van der Waals surface area contributed by atoms with Crippen LogP contribution in [0.1, 0.15) is 37.0 Å². The van der Waals surface area contributed by atoms with E-state index in [1.165, 1.54) is 10.5 Å². The van der Waals surface area contributed by atoms with E-state index >= 15 is 0 Å². The molecule has 4 heterocycles. The Labute approximate surface area is 214 Å². The lowest BCUT2D eigenvalue weighted by Gasteiger charge is -2.50. The van der Waals surface area contributed by atoms with Gasteiger partial charge in [-0.05, 0) is 96.4 Å². The number of esters is 1. The fourth-order valence-corrected chi connectivity index (χ4v) is 5.67. The van der Waals surface area contributed by atoms with Gasteiger partial charge in [0.2, 0.25) is 0 Å². The van der Waals surface area contributed by atoms with Gasteiger partial charge >= 0.3 is 5.97 Å². The first-order valence-corrected chi connectivity index (χ1v) is 12.7. The monoisotopic (exact) mass is 566 g/mol. The summed E-state index contributed by atoms with van der Waals surface area (Å²) < 4.78 is 12.7. The fraction of sp³-hybridized carbons (Fsp3) is 0.357. The summed E-state index contributed by atoms with van der Waals surface area (Å²) in [6.45, 7) is 3.39. The lowest BCUT2D eigenvalue weighted by Crippen LogP contribution is -2.55. The molecule has 0 aliphatic carbocycles. The summed E-state index contributed by atoms with van der Waals surface area (Å²) in [5.74, 6) is 8.25. The van der Waals surface area contributed by atoms with Gasteiger partial charge in [0.15, 0.2) is 0 Å². The molecule has 3 aliphatic heterocycles. The summed E-state index contributed by atoms with van der Waals surface area (Å²) >= 11 is 2.31. The maximum absolute atomic E-state index is 12.2. The van der Waals surface area contributed by atoms with Crippen LogP contribution in [0.3, 0.4) is 0 Å². The van der Waals surface area contributed by atoms with Crippen molar-refractivity contribution in [1.82, 2.24) is 9.88 Å². The number of pyridine rings is 1. The first-order valence-electron chi connectivity index (χ1n) is 11.6. The summed E-state index contributed by atoms with van der Waals surface area (Å²) in [6.07, 6.45) is 3.52. The van der Waals surface area contributed by atoms with Crippen molar-refractivity contribution < 1.29 is 14.3 Å². The number of methoxy groups -OCH3 is 1. The molecular weight excluding hydrogens is 539 g/mol. The molecule has 0 spiro atoms. The number of fused-ring (bicyclic) bond motifs is 4. The van der Waals surface area contributed by atoms with E-state index in [0.29, 0.717) is 11.8 Å². The zero-order valence-electron chi connectivity index (χ0n) is 19.3. The van der Waals surface area contributed by atoms with E-state index in [1.807, 2.05) is 24.3 Å². The van der Waals surface area contributed by atoms with E-state index in [2.05, 4.69) is 68.6 Å². The average Bonchev–Trinajstić information content (AvgIpc) is 2.86. The number of nitrogens with zero attached hydrogens (tertiary/aromatic N) is 2. The van der Waals surface area contributed by atoms with E-state index in [4.69, 9.17) is 9.47 Å². The molecule has 2 bridgehead atoms. The molecule has 5 nitrogen and oxygen atoms in total. The standard InChI is InChI=1S/C28H27IN2O3/c1-18(32)34-28(24-11-13-30-26-10-9-23(33-2)16-25(24)26)27-15-20-12-14-31(27)17-21(20)6-3-19-4-7-22(29)8-5-19/h4-5,7-11,13,16,20-21,27-28H,12,14-15,17H2,1-2H3/t20-,21-,27+,28-/m0/s1. The number of benzene rings is 2. The summed E-state index contributed by atoms with van der Waals surface area (Å²) in [4.78, 5) is 19.2. The third kappa shape index (κ3) is 4.77. The number of rotatable bonds is 4. The maximum Gasteiger partial charge on any atom is 0.303 e. The number of carbonyl (C=O) groups is 1. The molecule has 34 heavy (non-hydrogen) atoms. The predicted molar refractivity (Wildman–Crippen MR) is 140 cm³/mol. The number of halogens is 1. The van der Waals surface area contributed by atoms with Gasteiger partial charge in [0.05, 0.1) is 18.7 Å². The number of hydrogen-bond donors (Lipinski definition) is 0. The first kappa shape index (κ1) is 23.1. The van der Waals surface area contributed by atoms with Gasteiger partial charge in [-0.25, -0.2) is 0 Å². The molecule has 5 atom stereocenters. The number of carbonyl (C=O) groups excluding carboxylic acids is 1. The second kappa shape index (κ2) is 9.93. The van der Waals surface area contributed by atoms with E-state index in [1.54, 1.807) is 13.3 Å². The maximum atomic E-state index is 12.2. The molecule has 3 aliphatic rings. The molecule has 6 rings (SSSR count). The van der Waals surface area contributed by atoms with Gasteiger partial charge in [0.1, 0.15) is 11.9 Å². The minimum absolute atomic E-state index is 0.121. The minimum atomic E-state index is -0.358. The van der Waals surface area contributed by atoms with Gasteiger partial charge in [-0.2, -0.15) is 0 Å². The Morgan fingerprint density at radius 3 is 2.74 bits per heavy atom. The Balaban J connectivity index is 1.44. The van der Waals surface area contributed by atoms with Crippen LogP contribution < -0.4 is 4.74 Å². The lowest BCUT2D eigenvalue weighted by molar-refractivity contribution is -0.154. The van der Waals surface area contributed by atoms with Crippen LogP contribution in [0.5, 0.6) is 5.75 Å². The second-order valence-electron chi connectivity index (χ2n) is 9.04. The van der Waals surface area contributed by atoms with Crippen LogP contribution >= 0.6 is 22.6 Å². The molecule has 1 aromatic heterocycles. The van der Waals surface area contributed by atoms with Gasteiger partial charge in [-0.3, -0.25) is 14.7 Å². The predicted octanol–water partition coefficient (Wildman–Crippen LogP) is 5.21. The SMILES string of the molecule is COc1ccc2nccc([C@H](OC(C)=O)[C@H]3C[C@@H]4CCN3C[C@@H]4C#Cc3ccc(I)cc3)c2c1. The third-order valence-corrected chi connectivity index (χ3v) is 7.70. The van der Waals surface area contributed by atoms with Crippen molar-refractivity contribution in [1.29, 1.82) is 0 Å². The van der Waals surface area contributed by atoms with Gasteiger partial charge in [0, 0.05) is 45.7 Å². The second-order valence-corrected chi connectivity index (χ2v) is 10.3. The van der Waals surface area contributed by atoms with Gasteiger partial charge < -0.3 is 9.47 Å². The van der Waals surface area contributed by atoms with E-state index in [9.17, 15) is 4.79 Å². The third-order valence-electron chi connectivity index (χ3n) is 6.98. The molecule has 174 valence electrons. The zero-order chi connectivity index (χ0) is 23.7. The number of piperidine rings is 3. The molecule has 0 amide bonds.